The number of benzene rings is 2. The number of nitrogens with one attached hydrogen (secondary N) is 3. The van der Waals surface area contributed by atoms with E-state index in [2.05, 4.69) is 30.8 Å². The number of hydrogen-bond acceptors (Lipinski definition) is 3. The lowest BCUT2D eigenvalue weighted by Gasteiger charge is -2.32. The number of para-hydroxylation sites is 1. The molecule has 166 valence electrons. The fraction of sp³-hybridized carbons (Fsp3) is 0.417. The van der Waals surface area contributed by atoms with Crippen LogP contribution in [-0.2, 0) is 4.79 Å². The first-order valence-corrected chi connectivity index (χ1v) is 10.8. The van der Waals surface area contributed by atoms with Gasteiger partial charge < -0.3 is 25.2 Å². The minimum Gasteiger partial charge on any atom is -0.497 e. The predicted octanol–water partition coefficient (Wildman–Crippen LogP) is 1.94. The molecule has 1 aliphatic rings. The maximum Gasteiger partial charge on any atom is 0.321 e. The Kier molecular flexibility index (Phi) is 7.89. The van der Waals surface area contributed by atoms with Crippen LogP contribution in [0.25, 0.3) is 0 Å². The summed E-state index contributed by atoms with van der Waals surface area (Å²) < 4.78 is 5.34. The molecule has 0 unspecified atom stereocenters. The summed E-state index contributed by atoms with van der Waals surface area (Å²) in [5, 5.41) is 6.04. The molecule has 31 heavy (non-hydrogen) atoms. The molecule has 2 aromatic rings. The van der Waals surface area contributed by atoms with E-state index in [0.29, 0.717) is 32.5 Å². The molecule has 0 spiro atoms. The predicted molar refractivity (Wildman–Crippen MR) is 121 cm³/mol. The Morgan fingerprint density at radius 3 is 2.45 bits per heavy atom. The van der Waals surface area contributed by atoms with Gasteiger partial charge in [-0.25, -0.2) is 4.79 Å². The number of amides is 3. The highest BCUT2D eigenvalue weighted by molar-refractivity contribution is 5.89. The molecule has 2 aromatic carbocycles. The van der Waals surface area contributed by atoms with Crippen LogP contribution in [0.3, 0.4) is 0 Å². The lowest BCUT2D eigenvalue weighted by atomic mass is 9.95. The van der Waals surface area contributed by atoms with Crippen LogP contribution in [0.1, 0.15) is 24.4 Å². The van der Waals surface area contributed by atoms with Crippen LogP contribution in [0.15, 0.2) is 54.6 Å². The van der Waals surface area contributed by atoms with Gasteiger partial charge in [0.25, 0.3) is 0 Å². The summed E-state index contributed by atoms with van der Waals surface area (Å²) >= 11 is 0. The van der Waals surface area contributed by atoms with Gasteiger partial charge in [-0.3, -0.25) is 4.79 Å². The minimum absolute atomic E-state index is 0.0658. The molecule has 1 saturated heterocycles. The fourth-order valence-electron chi connectivity index (χ4n) is 3.93. The van der Waals surface area contributed by atoms with Gasteiger partial charge in [0.05, 0.1) is 27.7 Å². The van der Waals surface area contributed by atoms with E-state index in [1.54, 1.807) is 12.0 Å². The monoisotopic (exact) mass is 425 g/mol. The van der Waals surface area contributed by atoms with Gasteiger partial charge >= 0.3 is 6.03 Å². The highest BCUT2D eigenvalue weighted by atomic mass is 16.5. The van der Waals surface area contributed by atoms with Crippen LogP contribution >= 0.6 is 0 Å². The molecular formula is C24H33N4O3+. The van der Waals surface area contributed by atoms with E-state index in [9.17, 15) is 9.59 Å². The van der Waals surface area contributed by atoms with Crippen molar-refractivity contribution in [3.63, 3.8) is 0 Å². The summed E-state index contributed by atoms with van der Waals surface area (Å²) in [6, 6.07) is 17.4. The van der Waals surface area contributed by atoms with Gasteiger partial charge in [0, 0.05) is 30.3 Å². The van der Waals surface area contributed by atoms with E-state index in [1.165, 1.54) is 4.90 Å². The Labute approximate surface area is 184 Å². The molecule has 7 heteroatoms. The minimum atomic E-state index is -0.112. The Hall–Kier alpha value is -3.06. The molecule has 1 heterocycles. The smallest absolute Gasteiger partial charge is 0.321 e. The summed E-state index contributed by atoms with van der Waals surface area (Å²) in [7, 11) is 5.82. The summed E-state index contributed by atoms with van der Waals surface area (Å²) in [6.07, 6.45) is 1.35. The van der Waals surface area contributed by atoms with Gasteiger partial charge in [-0.15, -0.1) is 0 Å². The number of urea groups is 1. The van der Waals surface area contributed by atoms with E-state index < -0.39 is 0 Å². The second-order valence-corrected chi connectivity index (χ2v) is 8.21. The van der Waals surface area contributed by atoms with Crippen molar-refractivity contribution in [3.05, 3.63) is 60.2 Å². The van der Waals surface area contributed by atoms with E-state index in [1.807, 2.05) is 48.5 Å². The highest BCUT2D eigenvalue weighted by Crippen LogP contribution is 2.20. The third kappa shape index (κ3) is 6.21. The SMILES string of the molecule is COc1cccc([C@@H](CNC(=O)C2CCN(C(=O)Nc3ccccc3)CC2)[NH+](C)C)c1. The summed E-state index contributed by atoms with van der Waals surface area (Å²) in [6.45, 7) is 1.72. The normalized spacial score (nSPS) is 15.4. The van der Waals surface area contributed by atoms with Gasteiger partial charge in [-0.1, -0.05) is 30.3 Å². The third-order valence-electron chi connectivity index (χ3n) is 5.85. The Morgan fingerprint density at radius 2 is 1.81 bits per heavy atom. The van der Waals surface area contributed by atoms with E-state index >= 15 is 0 Å². The molecule has 1 atom stereocenters. The topological polar surface area (TPSA) is 75.1 Å². The molecule has 0 saturated carbocycles. The zero-order valence-corrected chi connectivity index (χ0v) is 18.6. The Morgan fingerprint density at radius 1 is 1.10 bits per heavy atom. The Bertz CT molecular complexity index is 864. The van der Waals surface area contributed by atoms with Gasteiger partial charge in [-0.2, -0.15) is 0 Å². The molecule has 0 radical (unpaired) electrons. The molecular weight excluding hydrogens is 392 g/mol. The number of hydrogen-bond donors (Lipinski definition) is 3. The van der Waals surface area contributed by atoms with Gasteiger partial charge in [-0.05, 0) is 37.1 Å². The molecule has 0 aromatic heterocycles. The average Bonchev–Trinajstić information content (AvgIpc) is 2.79. The maximum absolute atomic E-state index is 12.8. The van der Waals surface area contributed by atoms with Crippen LogP contribution in [0, 0.1) is 5.92 Å². The largest absolute Gasteiger partial charge is 0.497 e. The lowest BCUT2D eigenvalue weighted by Crippen LogP contribution is -3.07. The number of piperidine rings is 1. The van der Waals surface area contributed by atoms with Gasteiger partial charge in [0.1, 0.15) is 11.8 Å². The van der Waals surface area contributed by atoms with Crippen molar-refractivity contribution >= 4 is 17.6 Å². The third-order valence-corrected chi connectivity index (χ3v) is 5.85. The number of likely N-dealkylation sites (tertiary alicyclic amines) is 1. The number of anilines is 1. The molecule has 0 bridgehead atoms. The van der Waals surface area contributed by atoms with Crippen molar-refractivity contribution in [2.24, 2.45) is 5.92 Å². The van der Waals surface area contributed by atoms with Crippen molar-refractivity contribution in [1.82, 2.24) is 10.2 Å². The molecule has 1 fully saturated rings. The van der Waals surface area contributed by atoms with Gasteiger partial charge in [0.2, 0.25) is 5.91 Å². The van der Waals surface area contributed by atoms with Crippen LogP contribution in [0.2, 0.25) is 0 Å². The molecule has 3 N–H and O–H groups in total. The molecule has 3 amide bonds. The first-order chi connectivity index (χ1) is 15.0. The van der Waals surface area contributed by atoms with E-state index in [-0.39, 0.29) is 23.9 Å². The van der Waals surface area contributed by atoms with Gasteiger partial charge in [0.15, 0.2) is 0 Å². The first kappa shape index (κ1) is 22.6. The number of nitrogens with zero attached hydrogens (tertiary/aromatic N) is 1. The zero-order valence-electron chi connectivity index (χ0n) is 18.6. The number of methoxy groups -OCH3 is 1. The summed E-state index contributed by atoms with van der Waals surface area (Å²) in [4.78, 5) is 28.2. The van der Waals surface area contributed by atoms with Crippen LogP contribution in [0.4, 0.5) is 10.5 Å². The number of likely N-dealkylation sites (N-methyl/N-ethyl adjacent to an activating group) is 1. The van der Waals surface area contributed by atoms with Crippen molar-refractivity contribution in [3.8, 4) is 5.75 Å². The number of rotatable bonds is 7. The van der Waals surface area contributed by atoms with Crippen molar-refractivity contribution in [2.45, 2.75) is 18.9 Å². The number of quaternary nitrogens is 1. The van der Waals surface area contributed by atoms with Crippen molar-refractivity contribution < 1.29 is 19.2 Å². The van der Waals surface area contributed by atoms with E-state index in [4.69, 9.17) is 4.74 Å². The number of carbonyl (C=O) groups is 2. The lowest BCUT2D eigenvalue weighted by molar-refractivity contribution is -0.890. The molecule has 7 nitrogen and oxygen atoms in total. The fourth-order valence-corrected chi connectivity index (χ4v) is 3.93. The zero-order chi connectivity index (χ0) is 22.2. The maximum atomic E-state index is 12.8. The number of ether oxygens (including phenoxy) is 1. The number of carbonyl (C=O) groups excluding carboxylic acids is 2. The second kappa shape index (κ2) is 10.8. The highest BCUT2D eigenvalue weighted by Gasteiger charge is 2.28. The van der Waals surface area contributed by atoms with Crippen LogP contribution < -0.4 is 20.3 Å². The second-order valence-electron chi connectivity index (χ2n) is 8.21. The summed E-state index contributed by atoms with van der Waals surface area (Å²) in [5.74, 6) is 0.817. The quantitative estimate of drug-likeness (QED) is 0.635. The van der Waals surface area contributed by atoms with E-state index in [0.717, 1.165) is 17.0 Å². The molecule has 3 rings (SSSR count). The van der Waals surface area contributed by atoms with Crippen molar-refractivity contribution in [2.75, 3.05) is 46.2 Å². The average molecular weight is 426 g/mol. The standard InChI is InChI=1S/C24H32N4O3/c1-27(2)22(19-8-7-11-21(16-19)31-3)17-25-23(29)18-12-14-28(15-13-18)24(30)26-20-9-5-4-6-10-20/h4-11,16,18,22H,12-15,17H2,1-3H3,(H,25,29)(H,26,30)/p+1/t22-/m1/s1. The van der Waals surface area contributed by atoms with Crippen LogP contribution in [0.5, 0.6) is 5.75 Å². The van der Waals surface area contributed by atoms with Crippen LogP contribution in [-0.4, -0.2) is 57.7 Å². The molecule has 0 aliphatic carbocycles. The Balaban J connectivity index is 1.49. The van der Waals surface area contributed by atoms with Crippen molar-refractivity contribution in [1.29, 1.82) is 0 Å². The molecule has 1 aliphatic heterocycles. The summed E-state index contributed by atoms with van der Waals surface area (Å²) in [5.41, 5.74) is 1.91. The first-order valence-electron chi connectivity index (χ1n) is 10.8.